The van der Waals surface area contributed by atoms with Crippen molar-refractivity contribution in [3.63, 3.8) is 0 Å². The van der Waals surface area contributed by atoms with Gasteiger partial charge in [0.1, 0.15) is 0 Å². The van der Waals surface area contributed by atoms with Gasteiger partial charge in [-0.25, -0.2) is 9.31 Å². The van der Waals surface area contributed by atoms with Crippen molar-refractivity contribution in [2.75, 3.05) is 18.4 Å². The number of carbonyl (C=O) groups is 2. The van der Waals surface area contributed by atoms with E-state index in [1.54, 1.807) is 25.3 Å². The van der Waals surface area contributed by atoms with Crippen LogP contribution in [-0.2, 0) is 4.79 Å². The Labute approximate surface area is 130 Å². The third-order valence-electron chi connectivity index (χ3n) is 3.80. The van der Waals surface area contributed by atoms with Gasteiger partial charge in [0.05, 0.1) is 5.41 Å². The average molecular weight is 324 g/mol. The second-order valence-corrected chi connectivity index (χ2v) is 5.99. The Morgan fingerprint density at radius 2 is 2.27 bits per heavy atom. The molecule has 2 aromatic heterocycles. The number of amides is 2. The van der Waals surface area contributed by atoms with Crippen LogP contribution in [0, 0.1) is 5.41 Å². The van der Waals surface area contributed by atoms with E-state index in [2.05, 4.69) is 15.4 Å². The highest BCUT2D eigenvalue weighted by molar-refractivity contribution is 6.30. The van der Waals surface area contributed by atoms with Crippen molar-refractivity contribution in [1.29, 1.82) is 0 Å². The molecule has 1 saturated heterocycles. The van der Waals surface area contributed by atoms with E-state index in [-0.39, 0.29) is 12.5 Å². The molecule has 2 amide bonds. The van der Waals surface area contributed by atoms with Crippen molar-refractivity contribution >= 4 is 35.2 Å². The third-order valence-corrected chi connectivity index (χ3v) is 4.03. The Hall–Kier alpha value is -2.35. The standard InChI is InChI=1S/C13H14ClN5O3/c1-13(10(20)21)3-5-18(7-13)12(22)16-11-15-9-6-8(14)2-4-19(9)17-11/h2,4,6H,3,5,7H2,1H3,(H,20,21)(H,16,17,22). The number of urea groups is 1. The van der Waals surface area contributed by atoms with Gasteiger partial charge in [-0.05, 0) is 19.4 Å². The predicted molar refractivity (Wildman–Crippen MR) is 78.9 cm³/mol. The van der Waals surface area contributed by atoms with Gasteiger partial charge in [-0.3, -0.25) is 10.1 Å². The van der Waals surface area contributed by atoms with Gasteiger partial charge >= 0.3 is 12.0 Å². The highest BCUT2D eigenvalue weighted by Crippen LogP contribution is 2.30. The first kappa shape index (κ1) is 14.6. The number of hydrogen-bond donors (Lipinski definition) is 2. The number of carboxylic acid groups (broad SMARTS) is 1. The molecule has 22 heavy (non-hydrogen) atoms. The highest BCUT2D eigenvalue weighted by Gasteiger charge is 2.42. The number of aliphatic carboxylic acids is 1. The van der Waals surface area contributed by atoms with E-state index in [0.717, 1.165) is 0 Å². The SMILES string of the molecule is CC1(C(=O)O)CCN(C(=O)Nc2nc3cc(Cl)ccn3n2)C1. The number of nitrogens with zero attached hydrogens (tertiary/aromatic N) is 4. The van der Waals surface area contributed by atoms with Gasteiger partial charge in [-0.1, -0.05) is 11.6 Å². The summed E-state index contributed by atoms with van der Waals surface area (Å²) in [6, 6.07) is 2.88. The zero-order valence-corrected chi connectivity index (χ0v) is 12.5. The molecule has 2 N–H and O–H groups in total. The normalized spacial score (nSPS) is 21.3. The Morgan fingerprint density at radius 1 is 1.50 bits per heavy atom. The van der Waals surface area contributed by atoms with Gasteiger partial charge in [0.15, 0.2) is 5.65 Å². The molecule has 0 aliphatic carbocycles. The van der Waals surface area contributed by atoms with Crippen LogP contribution in [0.25, 0.3) is 5.65 Å². The minimum absolute atomic E-state index is 0.149. The van der Waals surface area contributed by atoms with Crippen molar-refractivity contribution in [2.24, 2.45) is 5.41 Å². The lowest BCUT2D eigenvalue weighted by Gasteiger charge is -2.19. The fourth-order valence-corrected chi connectivity index (χ4v) is 2.55. The second kappa shape index (κ2) is 5.13. The van der Waals surface area contributed by atoms with E-state index in [0.29, 0.717) is 23.6 Å². The minimum Gasteiger partial charge on any atom is -0.481 e. The number of nitrogens with one attached hydrogen (secondary N) is 1. The molecule has 0 bridgehead atoms. The molecule has 1 aliphatic rings. The zero-order chi connectivity index (χ0) is 15.9. The van der Waals surface area contributed by atoms with Crippen molar-refractivity contribution in [3.8, 4) is 0 Å². The van der Waals surface area contributed by atoms with E-state index in [1.165, 1.54) is 9.42 Å². The highest BCUT2D eigenvalue weighted by atomic mass is 35.5. The summed E-state index contributed by atoms with van der Waals surface area (Å²) in [5.74, 6) is -0.750. The van der Waals surface area contributed by atoms with E-state index in [4.69, 9.17) is 11.6 Å². The largest absolute Gasteiger partial charge is 0.481 e. The van der Waals surface area contributed by atoms with Gasteiger partial charge < -0.3 is 10.0 Å². The molecule has 3 rings (SSSR count). The maximum atomic E-state index is 12.2. The molecule has 0 aromatic carbocycles. The summed E-state index contributed by atoms with van der Waals surface area (Å²) in [7, 11) is 0. The zero-order valence-electron chi connectivity index (χ0n) is 11.8. The number of fused-ring (bicyclic) bond motifs is 1. The third kappa shape index (κ3) is 2.57. The molecule has 1 unspecified atom stereocenters. The van der Waals surface area contributed by atoms with E-state index < -0.39 is 17.4 Å². The van der Waals surface area contributed by atoms with Crippen molar-refractivity contribution < 1.29 is 14.7 Å². The fourth-order valence-electron chi connectivity index (χ4n) is 2.39. The van der Waals surface area contributed by atoms with Crippen LogP contribution in [0.5, 0.6) is 0 Å². The Bertz CT molecular complexity index is 761. The Kier molecular flexibility index (Phi) is 3.40. The Balaban J connectivity index is 1.72. The maximum Gasteiger partial charge on any atom is 0.324 e. The second-order valence-electron chi connectivity index (χ2n) is 5.55. The first-order chi connectivity index (χ1) is 10.4. The van der Waals surface area contributed by atoms with E-state index in [9.17, 15) is 14.7 Å². The van der Waals surface area contributed by atoms with Gasteiger partial charge in [-0.2, -0.15) is 4.98 Å². The van der Waals surface area contributed by atoms with Crippen LogP contribution in [0.4, 0.5) is 10.7 Å². The number of anilines is 1. The molecule has 0 saturated carbocycles. The molecular weight excluding hydrogens is 310 g/mol. The average Bonchev–Trinajstić information content (AvgIpc) is 3.02. The van der Waals surface area contributed by atoms with Crippen LogP contribution in [-0.4, -0.2) is 49.7 Å². The van der Waals surface area contributed by atoms with Crippen molar-refractivity contribution in [2.45, 2.75) is 13.3 Å². The van der Waals surface area contributed by atoms with Crippen LogP contribution in [0.1, 0.15) is 13.3 Å². The Morgan fingerprint density at radius 3 is 2.95 bits per heavy atom. The van der Waals surface area contributed by atoms with Gasteiger partial charge in [0.25, 0.3) is 5.95 Å². The predicted octanol–water partition coefficient (Wildman–Crippen LogP) is 1.71. The molecule has 1 fully saturated rings. The summed E-state index contributed by atoms with van der Waals surface area (Å²) in [5.41, 5.74) is -0.392. The number of pyridine rings is 1. The lowest BCUT2D eigenvalue weighted by Crippen LogP contribution is -2.37. The summed E-state index contributed by atoms with van der Waals surface area (Å²) in [6.07, 6.45) is 2.06. The summed E-state index contributed by atoms with van der Waals surface area (Å²) < 4.78 is 1.49. The molecule has 9 heteroatoms. The topological polar surface area (TPSA) is 99.8 Å². The molecular formula is C13H14ClN5O3. The number of likely N-dealkylation sites (tertiary alicyclic amines) is 1. The summed E-state index contributed by atoms with van der Waals surface area (Å²) in [6.45, 7) is 2.18. The van der Waals surface area contributed by atoms with Crippen LogP contribution < -0.4 is 5.32 Å². The number of hydrogen-bond acceptors (Lipinski definition) is 4. The van der Waals surface area contributed by atoms with E-state index >= 15 is 0 Å². The number of carboxylic acids is 1. The number of rotatable bonds is 2. The summed E-state index contributed by atoms with van der Waals surface area (Å²) in [5, 5.41) is 16.4. The molecule has 8 nitrogen and oxygen atoms in total. The lowest BCUT2D eigenvalue weighted by atomic mass is 9.90. The smallest absolute Gasteiger partial charge is 0.324 e. The first-order valence-electron chi connectivity index (χ1n) is 6.69. The fraction of sp³-hybridized carbons (Fsp3) is 0.385. The molecule has 1 atom stereocenters. The monoisotopic (exact) mass is 323 g/mol. The quantitative estimate of drug-likeness (QED) is 0.876. The molecule has 2 aromatic rings. The molecule has 0 radical (unpaired) electrons. The number of carbonyl (C=O) groups excluding carboxylic acids is 1. The minimum atomic E-state index is -0.906. The van der Waals surface area contributed by atoms with E-state index in [1.807, 2.05) is 0 Å². The molecule has 1 aliphatic heterocycles. The van der Waals surface area contributed by atoms with Crippen LogP contribution in [0.2, 0.25) is 5.02 Å². The van der Waals surface area contributed by atoms with Gasteiger partial charge in [0, 0.05) is 30.4 Å². The van der Waals surface area contributed by atoms with Gasteiger partial charge in [0.2, 0.25) is 0 Å². The van der Waals surface area contributed by atoms with Crippen LogP contribution in [0.15, 0.2) is 18.3 Å². The van der Waals surface area contributed by atoms with Crippen molar-refractivity contribution in [3.05, 3.63) is 23.4 Å². The summed E-state index contributed by atoms with van der Waals surface area (Å²) >= 11 is 5.87. The molecule has 3 heterocycles. The van der Waals surface area contributed by atoms with Crippen LogP contribution in [0.3, 0.4) is 0 Å². The molecule has 116 valence electrons. The molecule has 0 spiro atoms. The van der Waals surface area contributed by atoms with Crippen molar-refractivity contribution in [1.82, 2.24) is 19.5 Å². The number of aromatic nitrogens is 3. The first-order valence-corrected chi connectivity index (χ1v) is 7.06. The van der Waals surface area contributed by atoms with Crippen LogP contribution >= 0.6 is 11.6 Å². The van der Waals surface area contributed by atoms with Gasteiger partial charge in [-0.15, -0.1) is 5.10 Å². The number of halogens is 1. The summed E-state index contributed by atoms with van der Waals surface area (Å²) in [4.78, 5) is 29.0. The lowest BCUT2D eigenvalue weighted by molar-refractivity contribution is -0.146. The maximum absolute atomic E-state index is 12.2.